The molecule has 6 nitrogen and oxygen atoms in total. The van der Waals surface area contributed by atoms with Crippen molar-refractivity contribution in [2.24, 2.45) is 0 Å². The van der Waals surface area contributed by atoms with Gasteiger partial charge in [-0.25, -0.2) is 4.68 Å². The second kappa shape index (κ2) is 6.53. The number of aromatic nitrogens is 4. The lowest BCUT2D eigenvalue weighted by Crippen LogP contribution is -2.50. The highest BCUT2D eigenvalue weighted by atomic mass is 35.5. The van der Waals surface area contributed by atoms with E-state index in [1.54, 1.807) is 10.7 Å². The molecule has 1 saturated carbocycles. The number of carbonyl (C=O) groups excluding carboxylic acids is 1. The minimum absolute atomic E-state index is 0.0778. The Morgan fingerprint density at radius 1 is 1.19 bits per heavy atom. The molecule has 4 rings (SSSR count). The number of rotatable bonds is 4. The Bertz CT molecular complexity index is 933. The zero-order valence-electron chi connectivity index (χ0n) is 14.3. The molecule has 26 heavy (non-hydrogen) atoms. The van der Waals surface area contributed by atoms with Crippen molar-refractivity contribution in [2.75, 3.05) is 0 Å². The Morgan fingerprint density at radius 2 is 1.96 bits per heavy atom. The first-order valence-corrected chi connectivity index (χ1v) is 8.88. The van der Waals surface area contributed by atoms with E-state index in [0.29, 0.717) is 10.6 Å². The van der Waals surface area contributed by atoms with Gasteiger partial charge >= 0.3 is 0 Å². The summed E-state index contributed by atoms with van der Waals surface area (Å²) < 4.78 is 1.58. The van der Waals surface area contributed by atoms with Gasteiger partial charge < -0.3 is 5.32 Å². The Balaban J connectivity index is 1.58. The average molecular weight is 368 g/mol. The second-order valence-corrected chi connectivity index (χ2v) is 7.09. The standard InChI is InChI=1S/C19H18ClN5O/c1-13-11-14(3-8-17(13)25-12-21-23-24-25)18(26)22-19(9-2-10-19)15-4-6-16(20)7-5-15/h3-8,11-12H,2,9-10H2,1H3,(H,22,26). The first-order chi connectivity index (χ1) is 12.6. The molecular formula is C19H18ClN5O. The van der Waals surface area contributed by atoms with E-state index >= 15 is 0 Å². The van der Waals surface area contributed by atoms with Crippen LogP contribution in [0.15, 0.2) is 48.8 Å². The van der Waals surface area contributed by atoms with Crippen molar-refractivity contribution in [3.8, 4) is 5.69 Å². The summed E-state index contributed by atoms with van der Waals surface area (Å²) in [6, 6.07) is 13.2. The molecule has 1 N–H and O–H groups in total. The Hall–Kier alpha value is -2.73. The minimum atomic E-state index is -0.302. The lowest BCUT2D eigenvalue weighted by Gasteiger charge is -2.43. The highest BCUT2D eigenvalue weighted by molar-refractivity contribution is 6.30. The van der Waals surface area contributed by atoms with Crippen LogP contribution in [-0.2, 0) is 5.54 Å². The van der Waals surface area contributed by atoms with E-state index in [4.69, 9.17) is 11.6 Å². The Kier molecular flexibility index (Phi) is 4.20. The first-order valence-electron chi connectivity index (χ1n) is 8.50. The molecule has 0 spiro atoms. The van der Waals surface area contributed by atoms with Crippen molar-refractivity contribution in [3.63, 3.8) is 0 Å². The number of benzene rings is 2. The van der Waals surface area contributed by atoms with Gasteiger partial charge in [-0.3, -0.25) is 4.79 Å². The van der Waals surface area contributed by atoms with E-state index in [9.17, 15) is 4.79 Å². The molecule has 1 aliphatic rings. The van der Waals surface area contributed by atoms with Gasteiger partial charge in [-0.15, -0.1) is 5.10 Å². The Labute approximate surface area is 156 Å². The van der Waals surface area contributed by atoms with E-state index < -0.39 is 0 Å². The van der Waals surface area contributed by atoms with Crippen LogP contribution in [0, 0.1) is 6.92 Å². The van der Waals surface area contributed by atoms with Crippen LogP contribution in [0.5, 0.6) is 0 Å². The quantitative estimate of drug-likeness (QED) is 0.766. The number of carbonyl (C=O) groups is 1. The van der Waals surface area contributed by atoms with Crippen molar-refractivity contribution in [3.05, 3.63) is 70.5 Å². The van der Waals surface area contributed by atoms with Crippen LogP contribution in [0.25, 0.3) is 5.69 Å². The Morgan fingerprint density at radius 3 is 2.54 bits per heavy atom. The molecule has 0 unspecified atom stereocenters. The molecule has 1 fully saturated rings. The largest absolute Gasteiger partial charge is 0.343 e. The SMILES string of the molecule is Cc1cc(C(=O)NC2(c3ccc(Cl)cc3)CCC2)ccc1-n1cnnn1. The maximum atomic E-state index is 12.9. The topological polar surface area (TPSA) is 72.7 Å². The summed E-state index contributed by atoms with van der Waals surface area (Å²) in [5.74, 6) is -0.0778. The molecule has 0 atom stereocenters. The zero-order chi connectivity index (χ0) is 18.1. The van der Waals surface area contributed by atoms with Crippen molar-refractivity contribution in [1.82, 2.24) is 25.5 Å². The highest BCUT2D eigenvalue weighted by Gasteiger charge is 2.40. The number of amides is 1. The summed E-state index contributed by atoms with van der Waals surface area (Å²) >= 11 is 6.00. The second-order valence-electron chi connectivity index (χ2n) is 6.65. The number of tetrazole rings is 1. The number of nitrogens with one attached hydrogen (secondary N) is 1. The minimum Gasteiger partial charge on any atom is -0.343 e. The van der Waals surface area contributed by atoms with Crippen molar-refractivity contribution >= 4 is 17.5 Å². The highest BCUT2D eigenvalue weighted by Crippen LogP contribution is 2.41. The number of nitrogens with zero attached hydrogens (tertiary/aromatic N) is 4. The van der Waals surface area contributed by atoms with E-state index in [2.05, 4.69) is 20.8 Å². The molecule has 0 radical (unpaired) electrons. The van der Waals surface area contributed by atoms with E-state index in [0.717, 1.165) is 36.1 Å². The third kappa shape index (κ3) is 2.97. The fraction of sp³-hybridized carbons (Fsp3) is 0.263. The van der Waals surface area contributed by atoms with Gasteiger partial charge in [0.2, 0.25) is 0 Å². The van der Waals surface area contributed by atoms with Crippen LogP contribution in [-0.4, -0.2) is 26.1 Å². The number of hydrogen-bond donors (Lipinski definition) is 1. The summed E-state index contributed by atoms with van der Waals surface area (Å²) in [7, 11) is 0. The molecule has 1 heterocycles. The monoisotopic (exact) mass is 367 g/mol. The van der Waals surface area contributed by atoms with Gasteiger partial charge in [0, 0.05) is 10.6 Å². The third-order valence-corrected chi connectivity index (χ3v) is 5.26. The van der Waals surface area contributed by atoms with E-state index in [1.165, 1.54) is 6.33 Å². The molecule has 7 heteroatoms. The molecule has 0 bridgehead atoms. The molecule has 132 valence electrons. The van der Waals surface area contributed by atoms with Gasteiger partial charge in [-0.1, -0.05) is 23.7 Å². The van der Waals surface area contributed by atoms with Gasteiger partial charge in [0.15, 0.2) is 0 Å². The van der Waals surface area contributed by atoms with Crippen LogP contribution >= 0.6 is 11.6 Å². The predicted molar refractivity (Wildman–Crippen MR) is 98.3 cm³/mol. The van der Waals surface area contributed by atoms with Gasteiger partial charge in [0.1, 0.15) is 6.33 Å². The lowest BCUT2D eigenvalue weighted by molar-refractivity contribution is 0.0823. The molecule has 1 aromatic heterocycles. The summed E-state index contributed by atoms with van der Waals surface area (Å²) in [5.41, 5.74) is 3.20. The van der Waals surface area contributed by atoms with Crippen LogP contribution in [0.1, 0.15) is 40.7 Å². The maximum absolute atomic E-state index is 12.9. The molecule has 1 aliphatic carbocycles. The van der Waals surface area contributed by atoms with Gasteiger partial charge in [-0.05, 0) is 78.1 Å². The fourth-order valence-electron chi connectivity index (χ4n) is 3.40. The lowest BCUT2D eigenvalue weighted by atomic mass is 9.71. The zero-order valence-corrected chi connectivity index (χ0v) is 15.1. The van der Waals surface area contributed by atoms with Gasteiger partial charge in [-0.2, -0.15) is 0 Å². The summed E-state index contributed by atoms with van der Waals surface area (Å²) in [5, 5.41) is 15.1. The van der Waals surface area contributed by atoms with E-state index in [1.807, 2.05) is 43.3 Å². The van der Waals surface area contributed by atoms with E-state index in [-0.39, 0.29) is 11.4 Å². The van der Waals surface area contributed by atoms with Crippen molar-refractivity contribution < 1.29 is 4.79 Å². The molecule has 0 saturated heterocycles. The summed E-state index contributed by atoms with van der Waals surface area (Å²) in [6.45, 7) is 1.94. The normalized spacial score (nSPS) is 15.3. The van der Waals surface area contributed by atoms with Gasteiger partial charge in [0.25, 0.3) is 5.91 Å². The molecular weight excluding hydrogens is 350 g/mol. The fourth-order valence-corrected chi connectivity index (χ4v) is 3.53. The predicted octanol–water partition coefficient (Wildman–Crippen LogP) is 3.43. The third-order valence-electron chi connectivity index (χ3n) is 5.01. The van der Waals surface area contributed by atoms with Crippen LogP contribution in [0.4, 0.5) is 0 Å². The first kappa shape index (κ1) is 16.7. The van der Waals surface area contributed by atoms with Crippen molar-refractivity contribution in [2.45, 2.75) is 31.7 Å². The van der Waals surface area contributed by atoms with Gasteiger partial charge in [0.05, 0.1) is 11.2 Å². The average Bonchev–Trinajstić information content (AvgIpc) is 3.13. The number of hydrogen-bond acceptors (Lipinski definition) is 4. The molecule has 2 aromatic carbocycles. The van der Waals surface area contributed by atoms with Crippen molar-refractivity contribution in [1.29, 1.82) is 0 Å². The molecule has 1 amide bonds. The van der Waals surface area contributed by atoms with Crippen LogP contribution in [0.2, 0.25) is 5.02 Å². The maximum Gasteiger partial charge on any atom is 0.251 e. The van der Waals surface area contributed by atoms with Crippen LogP contribution < -0.4 is 5.32 Å². The summed E-state index contributed by atoms with van der Waals surface area (Å²) in [4.78, 5) is 12.9. The summed E-state index contributed by atoms with van der Waals surface area (Å²) in [6.07, 6.45) is 4.50. The van der Waals surface area contributed by atoms with Crippen LogP contribution in [0.3, 0.4) is 0 Å². The number of aryl methyl sites for hydroxylation is 1. The molecule has 0 aliphatic heterocycles. The number of halogens is 1. The molecule has 3 aromatic rings. The smallest absolute Gasteiger partial charge is 0.251 e.